The molecular weight excluding hydrogens is 364 g/mol. The Kier molecular flexibility index (Phi) is 5.12. The number of amides is 2. The smallest absolute Gasteiger partial charge is 0.282 e. The van der Waals surface area contributed by atoms with Gasteiger partial charge in [0.05, 0.1) is 5.69 Å². The molecule has 0 spiro atoms. The normalized spacial score (nSPS) is 14.9. The molecule has 3 aromatic rings. The van der Waals surface area contributed by atoms with E-state index in [9.17, 15) is 9.59 Å². The largest absolute Gasteiger partial charge is 0.488 e. The summed E-state index contributed by atoms with van der Waals surface area (Å²) in [5.74, 6) is -0.221. The van der Waals surface area contributed by atoms with E-state index in [-0.39, 0.29) is 5.57 Å². The standard InChI is InChI=1S/C24H20N2O3/c1-17-11-13-18(14-12-17)16-29-22-10-6-5-7-19(22)15-21-23(27)25-26(24(21)28)20-8-3-2-4-9-20/h2-15H,16H2,1H3,(H,25,27). The van der Waals surface area contributed by atoms with Gasteiger partial charge in [0.15, 0.2) is 0 Å². The molecule has 3 aromatic carbocycles. The molecule has 5 heteroatoms. The molecule has 29 heavy (non-hydrogen) atoms. The first-order valence-electron chi connectivity index (χ1n) is 9.31. The van der Waals surface area contributed by atoms with Crippen molar-refractivity contribution in [2.75, 3.05) is 5.01 Å². The number of ether oxygens (including phenoxy) is 1. The lowest BCUT2D eigenvalue weighted by molar-refractivity contribution is -0.117. The van der Waals surface area contributed by atoms with Crippen LogP contribution in [-0.2, 0) is 16.2 Å². The zero-order valence-electron chi connectivity index (χ0n) is 16.0. The van der Waals surface area contributed by atoms with Gasteiger partial charge in [0.1, 0.15) is 17.9 Å². The Morgan fingerprint density at radius 2 is 1.59 bits per heavy atom. The molecule has 0 unspecified atom stereocenters. The van der Waals surface area contributed by atoms with E-state index in [1.54, 1.807) is 18.2 Å². The van der Waals surface area contributed by atoms with Gasteiger partial charge in [-0.3, -0.25) is 15.0 Å². The minimum absolute atomic E-state index is 0.0697. The summed E-state index contributed by atoms with van der Waals surface area (Å²) in [4.78, 5) is 25.2. The third-order valence-corrected chi connectivity index (χ3v) is 4.64. The van der Waals surface area contributed by atoms with Crippen molar-refractivity contribution in [3.8, 4) is 5.75 Å². The minimum Gasteiger partial charge on any atom is -0.488 e. The molecular formula is C24H20N2O3. The maximum atomic E-state index is 12.8. The number of nitrogens with zero attached hydrogens (tertiary/aromatic N) is 1. The molecule has 2 amide bonds. The fourth-order valence-corrected chi connectivity index (χ4v) is 3.05. The predicted octanol–water partition coefficient (Wildman–Crippen LogP) is 4.04. The van der Waals surface area contributed by atoms with E-state index in [4.69, 9.17) is 4.74 Å². The van der Waals surface area contributed by atoms with Crippen LogP contribution < -0.4 is 15.2 Å². The Labute approximate surface area is 169 Å². The summed E-state index contributed by atoms with van der Waals surface area (Å²) in [7, 11) is 0. The highest BCUT2D eigenvalue weighted by Crippen LogP contribution is 2.26. The van der Waals surface area contributed by atoms with Crippen LogP contribution in [0.4, 0.5) is 5.69 Å². The first-order valence-corrected chi connectivity index (χ1v) is 9.31. The lowest BCUT2D eigenvalue weighted by Gasteiger charge is -2.14. The Morgan fingerprint density at radius 3 is 2.34 bits per heavy atom. The molecule has 0 aromatic heterocycles. The summed E-state index contributed by atoms with van der Waals surface area (Å²) in [6.07, 6.45) is 1.57. The SMILES string of the molecule is Cc1ccc(COc2ccccc2C=C2C(=O)NN(c3ccccc3)C2=O)cc1. The van der Waals surface area contributed by atoms with Crippen LogP contribution in [0.25, 0.3) is 6.08 Å². The number of para-hydroxylation sites is 2. The van der Waals surface area contributed by atoms with Gasteiger partial charge in [0, 0.05) is 5.56 Å². The van der Waals surface area contributed by atoms with E-state index in [0.717, 1.165) is 5.56 Å². The van der Waals surface area contributed by atoms with E-state index in [0.29, 0.717) is 23.6 Å². The van der Waals surface area contributed by atoms with Crippen LogP contribution >= 0.6 is 0 Å². The first kappa shape index (κ1) is 18.5. The monoisotopic (exact) mass is 384 g/mol. The molecule has 0 saturated carbocycles. The topological polar surface area (TPSA) is 58.6 Å². The second-order valence-electron chi connectivity index (χ2n) is 6.79. The Morgan fingerprint density at radius 1 is 0.897 bits per heavy atom. The van der Waals surface area contributed by atoms with Crippen LogP contribution in [0.5, 0.6) is 5.75 Å². The average Bonchev–Trinajstić information content (AvgIpc) is 3.03. The molecule has 1 aliphatic rings. The van der Waals surface area contributed by atoms with Crippen molar-refractivity contribution < 1.29 is 14.3 Å². The van der Waals surface area contributed by atoms with Crippen molar-refractivity contribution in [1.82, 2.24) is 5.43 Å². The third-order valence-electron chi connectivity index (χ3n) is 4.64. The van der Waals surface area contributed by atoms with Crippen LogP contribution in [0.3, 0.4) is 0 Å². The van der Waals surface area contributed by atoms with Gasteiger partial charge in [-0.2, -0.15) is 0 Å². The van der Waals surface area contributed by atoms with E-state index in [1.165, 1.54) is 10.6 Å². The number of carbonyl (C=O) groups is 2. The van der Waals surface area contributed by atoms with E-state index >= 15 is 0 Å². The summed E-state index contributed by atoms with van der Waals surface area (Å²) in [5, 5.41) is 1.25. The van der Waals surface area contributed by atoms with Gasteiger partial charge in [0.2, 0.25) is 0 Å². The fraction of sp³-hybridized carbons (Fsp3) is 0.0833. The molecule has 1 aliphatic heterocycles. The van der Waals surface area contributed by atoms with E-state index < -0.39 is 11.8 Å². The number of hydrogen-bond acceptors (Lipinski definition) is 3. The maximum absolute atomic E-state index is 12.8. The summed E-state index contributed by atoms with van der Waals surface area (Å²) in [6.45, 7) is 2.44. The lowest BCUT2D eigenvalue weighted by Crippen LogP contribution is -2.35. The van der Waals surface area contributed by atoms with Crippen LogP contribution in [0, 0.1) is 6.92 Å². The summed E-state index contributed by atoms with van der Waals surface area (Å²) >= 11 is 0. The molecule has 0 bridgehead atoms. The minimum atomic E-state index is -0.438. The van der Waals surface area contributed by atoms with Crippen LogP contribution in [0.15, 0.2) is 84.4 Å². The van der Waals surface area contributed by atoms with Crippen LogP contribution in [-0.4, -0.2) is 11.8 Å². The summed E-state index contributed by atoms with van der Waals surface area (Å²) in [6, 6.07) is 24.5. The summed E-state index contributed by atoms with van der Waals surface area (Å²) < 4.78 is 5.95. The molecule has 0 aliphatic carbocycles. The molecule has 0 radical (unpaired) electrons. The van der Waals surface area contributed by atoms with E-state index in [2.05, 4.69) is 5.43 Å². The fourth-order valence-electron chi connectivity index (χ4n) is 3.05. The van der Waals surface area contributed by atoms with Crippen molar-refractivity contribution in [2.24, 2.45) is 0 Å². The third kappa shape index (κ3) is 4.04. The van der Waals surface area contributed by atoms with Gasteiger partial charge in [0.25, 0.3) is 11.8 Å². The number of benzene rings is 3. The number of nitrogens with one attached hydrogen (secondary N) is 1. The average molecular weight is 384 g/mol. The number of carbonyl (C=O) groups excluding carboxylic acids is 2. The first-order chi connectivity index (χ1) is 14.1. The quantitative estimate of drug-likeness (QED) is 0.534. The Balaban J connectivity index is 1.57. The molecule has 5 nitrogen and oxygen atoms in total. The molecule has 1 saturated heterocycles. The molecule has 1 fully saturated rings. The zero-order valence-corrected chi connectivity index (χ0v) is 16.0. The second-order valence-corrected chi connectivity index (χ2v) is 6.79. The number of hydrazine groups is 1. The molecule has 144 valence electrons. The number of aryl methyl sites for hydroxylation is 1. The van der Waals surface area contributed by atoms with Crippen molar-refractivity contribution >= 4 is 23.6 Å². The van der Waals surface area contributed by atoms with Crippen molar-refractivity contribution in [3.05, 3.63) is 101 Å². The number of anilines is 1. The zero-order chi connectivity index (χ0) is 20.2. The molecule has 4 rings (SSSR count). The van der Waals surface area contributed by atoms with Gasteiger partial charge in [-0.25, -0.2) is 5.01 Å². The highest BCUT2D eigenvalue weighted by Gasteiger charge is 2.34. The van der Waals surface area contributed by atoms with Crippen molar-refractivity contribution in [2.45, 2.75) is 13.5 Å². The molecule has 1 N–H and O–H groups in total. The van der Waals surface area contributed by atoms with Gasteiger partial charge >= 0.3 is 0 Å². The van der Waals surface area contributed by atoms with Crippen LogP contribution in [0.2, 0.25) is 0 Å². The van der Waals surface area contributed by atoms with Gasteiger partial charge in [-0.05, 0) is 36.8 Å². The van der Waals surface area contributed by atoms with Gasteiger partial charge in [-0.15, -0.1) is 0 Å². The van der Waals surface area contributed by atoms with Crippen molar-refractivity contribution in [3.63, 3.8) is 0 Å². The highest BCUT2D eigenvalue weighted by atomic mass is 16.5. The Bertz CT molecular complexity index is 1070. The van der Waals surface area contributed by atoms with Crippen molar-refractivity contribution in [1.29, 1.82) is 0 Å². The Hall–Kier alpha value is -3.86. The molecule has 1 heterocycles. The van der Waals surface area contributed by atoms with Crippen LogP contribution in [0.1, 0.15) is 16.7 Å². The molecule has 0 atom stereocenters. The number of hydrogen-bond donors (Lipinski definition) is 1. The second kappa shape index (κ2) is 8.02. The maximum Gasteiger partial charge on any atom is 0.282 e. The summed E-state index contributed by atoms with van der Waals surface area (Å²) in [5.41, 5.74) is 6.19. The predicted molar refractivity (Wildman–Crippen MR) is 112 cm³/mol. The highest BCUT2D eigenvalue weighted by molar-refractivity contribution is 6.31. The van der Waals surface area contributed by atoms with Gasteiger partial charge in [-0.1, -0.05) is 66.2 Å². The van der Waals surface area contributed by atoms with E-state index in [1.807, 2.05) is 73.7 Å². The van der Waals surface area contributed by atoms with Gasteiger partial charge < -0.3 is 4.74 Å². The number of rotatable bonds is 5. The lowest BCUT2D eigenvalue weighted by atomic mass is 10.1.